The molecule has 1 aliphatic rings. The number of nitrogens with two attached hydrogens (primary N) is 1. The SMILES string of the molecule is CCC[C@@H](N)[C@@H](O)C1CC1. The van der Waals surface area contributed by atoms with Gasteiger partial charge in [0.2, 0.25) is 0 Å². The molecular formula is C8H17NO. The first-order valence-corrected chi connectivity index (χ1v) is 4.19. The maximum Gasteiger partial charge on any atom is 0.0719 e. The highest BCUT2D eigenvalue weighted by Crippen LogP contribution is 2.34. The minimum Gasteiger partial charge on any atom is -0.391 e. The Bertz CT molecular complexity index is 101. The second-order valence-corrected chi connectivity index (χ2v) is 3.28. The molecule has 1 saturated carbocycles. The number of hydrogen-bond donors (Lipinski definition) is 2. The summed E-state index contributed by atoms with van der Waals surface area (Å²) in [6.07, 6.45) is 4.17. The van der Waals surface area contributed by atoms with Crippen LogP contribution in [0.4, 0.5) is 0 Å². The van der Waals surface area contributed by atoms with Crippen molar-refractivity contribution in [2.45, 2.75) is 44.8 Å². The molecule has 3 N–H and O–H groups in total. The van der Waals surface area contributed by atoms with Crippen LogP contribution in [0.3, 0.4) is 0 Å². The molecule has 10 heavy (non-hydrogen) atoms. The molecule has 2 heteroatoms. The van der Waals surface area contributed by atoms with Crippen LogP contribution in [0.25, 0.3) is 0 Å². The molecule has 0 aromatic carbocycles. The summed E-state index contributed by atoms with van der Waals surface area (Å²) >= 11 is 0. The topological polar surface area (TPSA) is 46.2 Å². The Morgan fingerprint density at radius 3 is 2.60 bits per heavy atom. The minimum atomic E-state index is -0.222. The molecule has 0 bridgehead atoms. The molecule has 0 unspecified atom stereocenters. The zero-order valence-electron chi connectivity index (χ0n) is 6.59. The van der Waals surface area contributed by atoms with Gasteiger partial charge in [0.15, 0.2) is 0 Å². The maximum atomic E-state index is 9.46. The first-order valence-electron chi connectivity index (χ1n) is 4.19. The molecule has 2 nitrogen and oxygen atoms in total. The van der Waals surface area contributed by atoms with Gasteiger partial charge in [0, 0.05) is 6.04 Å². The first kappa shape index (κ1) is 8.02. The summed E-state index contributed by atoms with van der Waals surface area (Å²) in [5.41, 5.74) is 5.72. The molecule has 1 aliphatic carbocycles. The van der Waals surface area contributed by atoms with Crippen molar-refractivity contribution in [2.24, 2.45) is 11.7 Å². The molecule has 0 amide bonds. The van der Waals surface area contributed by atoms with Gasteiger partial charge >= 0.3 is 0 Å². The summed E-state index contributed by atoms with van der Waals surface area (Å²) in [6.45, 7) is 2.10. The van der Waals surface area contributed by atoms with Crippen molar-refractivity contribution in [3.8, 4) is 0 Å². The van der Waals surface area contributed by atoms with Crippen LogP contribution in [-0.2, 0) is 0 Å². The Hall–Kier alpha value is -0.0800. The van der Waals surface area contributed by atoms with E-state index in [1.165, 1.54) is 12.8 Å². The molecule has 0 heterocycles. The van der Waals surface area contributed by atoms with Crippen molar-refractivity contribution < 1.29 is 5.11 Å². The van der Waals surface area contributed by atoms with Gasteiger partial charge in [-0.15, -0.1) is 0 Å². The third kappa shape index (κ3) is 1.96. The summed E-state index contributed by atoms with van der Waals surface area (Å²) < 4.78 is 0. The first-order chi connectivity index (χ1) is 4.75. The third-order valence-electron chi connectivity index (χ3n) is 2.17. The van der Waals surface area contributed by atoms with Crippen molar-refractivity contribution in [1.29, 1.82) is 0 Å². The van der Waals surface area contributed by atoms with E-state index in [9.17, 15) is 5.11 Å². The summed E-state index contributed by atoms with van der Waals surface area (Å²) in [5, 5.41) is 9.46. The predicted molar refractivity (Wildman–Crippen MR) is 41.6 cm³/mol. The van der Waals surface area contributed by atoms with E-state index in [-0.39, 0.29) is 12.1 Å². The monoisotopic (exact) mass is 143 g/mol. The Kier molecular flexibility index (Phi) is 2.69. The van der Waals surface area contributed by atoms with E-state index in [2.05, 4.69) is 6.92 Å². The molecule has 60 valence electrons. The molecule has 1 rings (SSSR count). The number of aliphatic hydroxyl groups is 1. The van der Waals surface area contributed by atoms with Crippen LogP contribution < -0.4 is 5.73 Å². The van der Waals surface area contributed by atoms with E-state index >= 15 is 0 Å². The zero-order chi connectivity index (χ0) is 7.56. The van der Waals surface area contributed by atoms with Crippen LogP contribution in [-0.4, -0.2) is 17.3 Å². The fourth-order valence-corrected chi connectivity index (χ4v) is 1.29. The van der Waals surface area contributed by atoms with Crippen LogP contribution >= 0.6 is 0 Å². The fraction of sp³-hybridized carbons (Fsp3) is 1.00. The van der Waals surface area contributed by atoms with Gasteiger partial charge in [-0.1, -0.05) is 13.3 Å². The summed E-state index contributed by atoms with van der Waals surface area (Å²) in [7, 11) is 0. The summed E-state index contributed by atoms with van der Waals surface area (Å²) in [5.74, 6) is 0.529. The lowest BCUT2D eigenvalue weighted by Crippen LogP contribution is -2.35. The molecular weight excluding hydrogens is 126 g/mol. The highest BCUT2D eigenvalue weighted by atomic mass is 16.3. The Balaban J connectivity index is 2.17. The van der Waals surface area contributed by atoms with Crippen LogP contribution in [0.1, 0.15) is 32.6 Å². The number of rotatable bonds is 4. The molecule has 0 spiro atoms. The van der Waals surface area contributed by atoms with Gasteiger partial charge in [0.1, 0.15) is 0 Å². The minimum absolute atomic E-state index is 0.0255. The van der Waals surface area contributed by atoms with Gasteiger partial charge in [-0.05, 0) is 25.2 Å². The molecule has 0 aromatic rings. The quantitative estimate of drug-likeness (QED) is 0.613. The van der Waals surface area contributed by atoms with Crippen LogP contribution in [0.15, 0.2) is 0 Å². The molecule has 0 aromatic heterocycles. The van der Waals surface area contributed by atoms with E-state index < -0.39 is 0 Å². The largest absolute Gasteiger partial charge is 0.391 e. The second kappa shape index (κ2) is 3.35. The maximum absolute atomic E-state index is 9.46. The van der Waals surface area contributed by atoms with Gasteiger partial charge in [-0.2, -0.15) is 0 Å². The molecule has 0 radical (unpaired) electrons. The van der Waals surface area contributed by atoms with Crippen LogP contribution in [0, 0.1) is 5.92 Å². The van der Waals surface area contributed by atoms with E-state index in [0.29, 0.717) is 5.92 Å². The van der Waals surface area contributed by atoms with Crippen LogP contribution in [0.5, 0.6) is 0 Å². The van der Waals surface area contributed by atoms with Gasteiger partial charge < -0.3 is 10.8 Å². The fourth-order valence-electron chi connectivity index (χ4n) is 1.29. The van der Waals surface area contributed by atoms with Crippen molar-refractivity contribution in [2.75, 3.05) is 0 Å². The Labute approximate surface area is 62.4 Å². The van der Waals surface area contributed by atoms with Crippen molar-refractivity contribution >= 4 is 0 Å². The Morgan fingerprint density at radius 1 is 1.60 bits per heavy atom. The zero-order valence-corrected chi connectivity index (χ0v) is 6.59. The third-order valence-corrected chi connectivity index (χ3v) is 2.17. The second-order valence-electron chi connectivity index (χ2n) is 3.28. The lowest BCUT2D eigenvalue weighted by Gasteiger charge is -2.16. The summed E-state index contributed by atoms with van der Waals surface area (Å²) in [6, 6.07) is 0.0255. The molecule has 2 atom stereocenters. The average molecular weight is 143 g/mol. The van der Waals surface area contributed by atoms with Crippen molar-refractivity contribution in [3.63, 3.8) is 0 Å². The normalized spacial score (nSPS) is 24.3. The highest BCUT2D eigenvalue weighted by molar-refractivity contribution is 4.86. The van der Waals surface area contributed by atoms with Crippen molar-refractivity contribution in [1.82, 2.24) is 0 Å². The highest BCUT2D eigenvalue weighted by Gasteiger charge is 2.32. The molecule has 1 fully saturated rings. The van der Waals surface area contributed by atoms with E-state index in [0.717, 1.165) is 12.8 Å². The van der Waals surface area contributed by atoms with E-state index in [1.54, 1.807) is 0 Å². The lowest BCUT2D eigenvalue weighted by atomic mass is 10.0. The lowest BCUT2D eigenvalue weighted by molar-refractivity contribution is 0.118. The van der Waals surface area contributed by atoms with Gasteiger partial charge in [0.25, 0.3) is 0 Å². The van der Waals surface area contributed by atoms with Crippen LogP contribution in [0.2, 0.25) is 0 Å². The predicted octanol–water partition coefficient (Wildman–Crippen LogP) is 0.885. The molecule has 0 saturated heterocycles. The van der Waals surface area contributed by atoms with E-state index in [4.69, 9.17) is 5.73 Å². The van der Waals surface area contributed by atoms with E-state index in [1.807, 2.05) is 0 Å². The summed E-state index contributed by atoms with van der Waals surface area (Å²) in [4.78, 5) is 0. The number of aliphatic hydroxyl groups excluding tert-OH is 1. The van der Waals surface area contributed by atoms with Crippen molar-refractivity contribution in [3.05, 3.63) is 0 Å². The smallest absolute Gasteiger partial charge is 0.0719 e. The number of hydrogen-bond acceptors (Lipinski definition) is 2. The van der Waals surface area contributed by atoms with Gasteiger partial charge in [0.05, 0.1) is 6.10 Å². The average Bonchev–Trinajstić information content (AvgIpc) is 2.68. The molecule has 0 aliphatic heterocycles. The Morgan fingerprint density at radius 2 is 2.20 bits per heavy atom. The standard InChI is InChI=1S/C8H17NO/c1-2-3-7(9)8(10)6-4-5-6/h6-8,10H,2-5,9H2,1H3/t7-,8+/m1/s1. The van der Waals surface area contributed by atoms with Gasteiger partial charge in [-0.25, -0.2) is 0 Å². The van der Waals surface area contributed by atoms with Gasteiger partial charge in [-0.3, -0.25) is 0 Å².